The number of hydrogen-bond acceptors (Lipinski definition) is 8. The maximum Gasteiger partial charge on any atom is 0.416 e. The fourth-order valence-corrected chi connectivity index (χ4v) is 3.22. The highest BCUT2D eigenvalue weighted by Gasteiger charge is 2.29. The van der Waals surface area contributed by atoms with Crippen LogP contribution in [0.4, 0.5) is 36.2 Å². The lowest BCUT2D eigenvalue weighted by Crippen LogP contribution is -2.04. The van der Waals surface area contributed by atoms with Gasteiger partial charge in [0.05, 0.1) is 35.3 Å². The van der Waals surface area contributed by atoms with Gasteiger partial charge in [-0.15, -0.1) is 5.11 Å². The quantitative estimate of drug-likeness (QED) is 0.226. The summed E-state index contributed by atoms with van der Waals surface area (Å²) >= 11 is 0. The first-order valence-electron chi connectivity index (χ1n) is 10.4. The number of phenols is 1. The lowest BCUT2D eigenvalue weighted by molar-refractivity contribution is -0.137. The third-order valence-corrected chi connectivity index (χ3v) is 4.90. The van der Waals surface area contributed by atoms with Crippen LogP contribution in [-0.4, -0.2) is 28.2 Å². The number of esters is 1. The van der Waals surface area contributed by atoms with E-state index in [2.05, 4.69) is 30.3 Å². The minimum absolute atomic E-state index is 0.120. The summed E-state index contributed by atoms with van der Waals surface area (Å²) in [4.78, 5) is 20.3. The molecule has 0 radical (unpaired) electrons. The number of methoxy groups -OCH3 is 1. The first-order valence-corrected chi connectivity index (χ1v) is 10.4. The Balaban J connectivity index is 1.59. The highest BCUT2D eigenvalue weighted by molar-refractivity contribution is 5.90. The first-order chi connectivity index (χ1) is 17.2. The fraction of sp³-hybridized carbons (Fsp3) is 0.0800. The summed E-state index contributed by atoms with van der Waals surface area (Å²) in [7, 11) is 1.23. The van der Waals surface area contributed by atoms with Gasteiger partial charge in [0.15, 0.2) is 0 Å². The molecule has 0 unspecified atom stereocenters. The molecule has 0 aliphatic carbocycles. The van der Waals surface area contributed by atoms with E-state index in [9.17, 15) is 23.1 Å². The van der Waals surface area contributed by atoms with Crippen molar-refractivity contribution in [1.29, 1.82) is 0 Å². The van der Waals surface area contributed by atoms with Crippen LogP contribution in [0.3, 0.4) is 0 Å². The van der Waals surface area contributed by atoms with Crippen LogP contribution in [0.25, 0.3) is 11.3 Å². The summed E-state index contributed by atoms with van der Waals surface area (Å²) in [5.74, 6) is -0.624. The minimum Gasteiger partial charge on any atom is -0.508 e. The van der Waals surface area contributed by atoms with E-state index in [-0.39, 0.29) is 22.9 Å². The van der Waals surface area contributed by atoms with Crippen LogP contribution in [-0.2, 0) is 10.9 Å². The lowest BCUT2D eigenvalue weighted by Gasteiger charge is -2.10. The number of aromatic nitrogens is 2. The number of ether oxygens (including phenoxy) is 1. The minimum atomic E-state index is -4.42. The summed E-state index contributed by atoms with van der Waals surface area (Å²) in [5, 5.41) is 21.1. The number of hydrogen-bond donors (Lipinski definition) is 2. The van der Waals surface area contributed by atoms with Crippen molar-refractivity contribution in [1.82, 2.24) is 9.97 Å². The Hall–Kier alpha value is -4.80. The third-order valence-electron chi connectivity index (χ3n) is 4.90. The summed E-state index contributed by atoms with van der Waals surface area (Å²) < 4.78 is 43.0. The SMILES string of the molecule is COC(=O)c1cc(O)cc(N=Nc2ccccc2-c2ccnc(Nc3ccc(C(F)(F)F)cc3)n2)c1. The van der Waals surface area contributed by atoms with Gasteiger partial charge < -0.3 is 15.2 Å². The molecule has 4 rings (SSSR count). The maximum absolute atomic E-state index is 12.8. The third kappa shape index (κ3) is 5.81. The van der Waals surface area contributed by atoms with Crippen molar-refractivity contribution in [3.8, 4) is 17.0 Å². The summed E-state index contributed by atoms with van der Waals surface area (Å²) in [5.41, 5.74) is 1.52. The molecule has 0 saturated heterocycles. The second kappa shape index (κ2) is 10.2. The zero-order valence-electron chi connectivity index (χ0n) is 18.7. The Morgan fingerprint density at radius 3 is 2.47 bits per heavy atom. The topological polar surface area (TPSA) is 109 Å². The number of carbonyl (C=O) groups excluding carboxylic acids is 1. The second-order valence-electron chi connectivity index (χ2n) is 7.41. The molecule has 1 aromatic heterocycles. The van der Waals surface area contributed by atoms with Crippen molar-refractivity contribution in [2.45, 2.75) is 6.18 Å². The van der Waals surface area contributed by atoms with Crippen LogP contribution in [0.1, 0.15) is 15.9 Å². The molecule has 36 heavy (non-hydrogen) atoms. The predicted molar refractivity (Wildman–Crippen MR) is 126 cm³/mol. The first kappa shape index (κ1) is 24.3. The Labute approximate surface area is 203 Å². The Kier molecular flexibility index (Phi) is 6.91. The van der Waals surface area contributed by atoms with E-state index in [0.717, 1.165) is 12.1 Å². The van der Waals surface area contributed by atoms with Gasteiger partial charge in [0, 0.05) is 23.5 Å². The number of anilines is 2. The number of nitrogens with one attached hydrogen (secondary N) is 1. The standard InChI is InChI=1S/C25H18F3N5O3/c1-36-23(35)15-12-18(14-19(34)13-15)32-33-22-5-3-2-4-20(22)21-10-11-29-24(31-21)30-17-8-6-16(7-9-17)25(26,27)28/h2-14,34H,1H3,(H,29,30,31). The number of benzene rings is 3. The Morgan fingerprint density at radius 1 is 1.00 bits per heavy atom. The number of azo groups is 1. The van der Waals surface area contributed by atoms with Gasteiger partial charge in [-0.1, -0.05) is 18.2 Å². The van der Waals surface area contributed by atoms with E-state index in [4.69, 9.17) is 0 Å². The molecule has 0 bridgehead atoms. The van der Waals surface area contributed by atoms with Crippen molar-refractivity contribution in [3.05, 3.63) is 90.1 Å². The van der Waals surface area contributed by atoms with Crippen LogP contribution < -0.4 is 5.32 Å². The van der Waals surface area contributed by atoms with E-state index in [1.165, 1.54) is 43.6 Å². The zero-order valence-corrected chi connectivity index (χ0v) is 18.7. The van der Waals surface area contributed by atoms with Crippen LogP contribution in [0.15, 0.2) is 89.2 Å². The van der Waals surface area contributed by atoms with Crippen LogP contribution >= 0.6 is 0 Å². The molecule has 11 heteroatoms. The second-order valence-corrected chi connectivity index (χ2v) is 7.41. The number of aromatic hydroxyl groups is 1. The van der Waals surface area contributed by atoms with E-state index < -0.39 is 17.7 Å². The number of phenolic OH excluding ortho intramolecular Hbond substituents is 1. The molecule has 4 aromatic rings. The summed E-state index contributed by atoms with van der Waals surface area (Å²) in [6.07, 6.45) is -2.92. The molecule has 0 aliphatic rings. The summed E-state index contributed by atoms with van der Waals surface area (Å²) in [6.45, 7) is 0. The fourth-order valence-electron chi connectivity index (χ4n) is 3.22. The van der Waals surface area contributed by atoms with E-state index >= 15 is 0 Å². The van der Waals surface area contributed by atoms with Crippen LogP contribution in [0.2, 0.25) is 0 Å². The van der Waals surface area contributed by atoms with Gasteiger partial charge in [-0.3, -0.25) is 0 Å². The Bertz CT molecular complexity index is 1420. The number of alkyl halides is 3. The van der Waals surface area contributed by atoms with Gasteiger partial charge in [0.25, 0.3) is 0 Å². The van der Waals surface area contributed by atoms with Crippen LogP contribution in [0, 0.1) is 0 Å². The van der Waals surface area contributed by atoms with Gasteiger partial charge in [0.1, 0.15) is 5.75 Å². The molecule has 3 aromatic carbocycles. The van der Waals surface area contributed by atoms with Crippen molar-refractivity contribution in [2.24, 2.45) is 10.2 Å². The molecule has 0 amide bonds. The number of halogens is 3. The van der Waals surface area contributed by atoms with E-state index in [0.29, 0.717) is 22.6 Å². The molecule has 2 N–H and O–H groups in total. The van der Waals surface area contributed by atoms with E-state index in [1.54, 1.807) is 30.3 Å². The maximum atomic E-state index is 12.8. The molecule has 0 spiro atoms. The van der Waals surface area contributed by atoms with Gasteiger partial charge in [-0.05, 0) is 48.5 Å². The molecule has 0 saturated carbocycles. The molecular weight excluding hydrogens is 475 g/mol. The largest absolute Gasteiger partial charge is 0.508 e. The molecule has 0 fully saturated rings. The number of carbonyl (C=O) groups is 1. The zero-order chi connectivity index (χ0) is 25.7. The highest BCUT2D eigenvalue weighted by Crippen LogP contribution is 2.33. The van der Waals surface area contributed by atoms with Gasteiger partial charge in [-0.2, -0.15) is 18.3 Å². The number of rotatable bonds is 6. The van der Waals surface area contributed by atoms with Gasteiger partial charge >= 0.3 is 12.1 Å². The molecule has 0 atom stereocenters. The highest BCUT2D eigenvalue weighted by atomic mass is 19.4. The molecule has 0 aliphatic heterocycles. The van der Waals surface area contributed by atoms with Crippen molar-refractivity contribution >= 4 is 29.0 Å². The average molecular weight is 493 g/mol. The van der Waals surface area contributed by atoms with Gasteiger partial charge in [0.2, 0.25) is 5.95 Å². The smallest absolute Gasteiger partial charge is 0.416 e. The Morgan fingerprint density at radius 2 is 1.75 bits per heavy atom. The predicted octanol–water partition coefficient (Wildman–Crippen LogP) is 6.81. The molecule has 182 valence electrons. The molecule has 8 nitrogen and oxygen atoms in total. The average Bonchev–Trinajstić information content (AvgIpc) is 2.87. The van der Waals surface area contributed by atoms with E-state index in [1.807, 2.05) is 0 Å². The van der Waals surface area contributed by atoms with Crippen LogP contribution in [0.5, 0.6) is 5.75 Å². The summed E-state index contributed by atoms with van der Waals surface area (Å²) in [6, 6.07) is 17.2. The van der Waals surface area contributed by atoms with Crippen molar-refractivity contribution < 1.29 is 27.8 Å². The molecular formula is C25H18F3N5O3. The monoisotopic (exact) mass is 493 g/mol. The lowest BCUT2D eigenvalue weighted by atomic mass is 10.1. The molecule has 1 heterocycles. The van der Waals surface area contributed by atoms with Crippen molar-refractivity contribution in [2.75, 3.05) is 12.4 Å². The van der Waals surface area contributed by atoms with Crippen molar-refractivity contribution in [3.63, 3.8) is 0 Å². The normalized spacial score (nSPS) is 11.4. The number of nitrogens with zero attached hydrogens (tertiary/aromatic N) is 4. The van der Waals surface area contributed by atoms with Gasteiger partial charge in [-0.25, -0.2) is 14.8 Å².